The summed E-state index contributed by atoms with van der Waals surface area (Å²) < 4.78 is 13.2. The highest BCUT2D eigenvalue weighted by Gasteiger charge is 2.53. The molecule has 3 aromatic carbocycles. The van der Waals surface area contributed by atoms with Crippen LogP contribution in [0.5, 0.6) is 5.75 Å². The second-order valence-electron chi connectivity index (χ2n) is 10.0. The molecule has 0 unspecified atom stereocenters. The van der Waals surface area contributed by atoms with Gasteiger partial charge in [0.05, 0.1) is 32.8 Å². The number of carbonyl (C=O) groups is 1. The molecule has 182 valence electrons. The van der Waals surface area contributed by atoms with Crippen molar-refractivity contribution in [1.82, 2.24) is 0 Å². The zero-order chi connectivity index (χ0) is 24.2. The van der Waals surface area contributed by atoms with Crippen molar-refractivity contribution in [2.75, 3.05) is 32.8 Å². The topological polar surface area (TPSA) is 55.8 Å². The Morgan fingerprint density at radius 1 is 0.800 bits per heavy atom. The van der Waals surface area contributed by atoms with Crippen molar-refractivity contribution in [3.05, 3.63) is 102 Å². The smallest absolute Gasteiger partial charge is 0.348 e. The predicted molar refractivity (Wildman–Crippen MR) is 135 cm³/mol. The molecule has 5 heteroatoms. The lowest BCUT2D eigenvalue weighted by Gasteiger charge is -2.54. The number of quaternary nitrogens is 1. The summed E-state index contributed by atoms with van der Waals surface area (Å²) in [5.41, 5.74) is -1.26. The highest BCUT2D eigenvalue weighted by atomic mass is 16.6. The Balaban J connectivity index is 1.23. The van der Waals surface area contributed by atoms with Crippen molar-refractivity contribution in [3.8, 4) is 5.75 Å². The number of carbonyl (C=O) groups excluding carboxylic acids is 1. The molecule has 6 rings (SSSR count). The third-order valence-electron chi connectivity index (χ3n) is 7.90. The molecule has 2 bridgehead atoms. The van der Waals surface area contributed by atoms with Gasteiger partial charge in [0, 0.05) is 25.7 Å². The predicted octanol–water partition coefficient (Wildman–Crippen LogP) is 4.69. The molecule has 3 aliphatic heterocycles. The monoisotopic (exact) mass is 472 g/mol. The number of rotatable bonds is 9. The van der Waals surface area contributed by atoms with Crippen LogP contribution in [0.2, 0.25) is 0 Å². The molecule has 35 heavy (non-hydrogen) atoms. The summed E-state index contributed by atoms with van der Waals surface area (Å²) in [4.78, 5) is 13.6. The average Bonchev–Trinajstić information content (AvgIpc) is 2.93. The van der Waals surface area contributed by atoms with E-state index in [1.165, 1.54) is 0 Å². The fourth-order valence-corrected chi connectivity index (χ4v) is 5.66. The molecule has 3 aliphatic rings. The molecule has 5 nitrogen and oxygen atoms in total. The number of ether oxygens (including phenoxy) is 2. The van der Waals surface area contributed by atoms with Gasteiger partial charge in [0.15, 0.2) is 0 Å². The van der Waals surface area contributed by atoms with Crippen LogP contribution in [0, 0.1) is 0 Å². The maximum Gasteiger partial charge on any atom is 0.348 e. The minimum absolute atomic E-state index is 0.491. The average molecular weight is 473 g/mol. The molecule has 0 saturated carbocycles. The molecule has 1 N–H and O–H groups in total. The Morgan fingerprint density at radius 3 is 1.80 bits per heavy atom. The zero-order valence-electron chi connectivity index (χ0n) is 20.1. The second-order valence-corrected chi connectivity index (χ2v) is 10.0. The lowest BCUT2D eigenvalue weighted by molar-refractivity contribution is -0.944. The van der Waals surface area contributed by atoms with Gasteiger partial charge in [-0.05, 0) is 23.3 Å². The minimum Gasteiger partial charge on any atom is -0.493 e. The molecule has 3 heterocycles. The molecular weight excluding hydrogens is 438 g/mol. The van der Waals surface area contributed by atoms with E-state index in [1.54, 1.807) is 24.3 Å². The van der Waals surface area contributed by atoms with Crippen LogP contribution in [0.25, 0.3) is 0 Å². The first-order valence-electron chi connectivity index (χ1n) is 12.6. The van der Waals surface area contributed by atoms with Gasteiger partial charge in [-0.2, -0.15) is 0 Å². The highest BCUT2D eigenvalue weighted by Crippen LogP contribution is 2.42. The lowest BCUT2D eigenvalue weighted by Crippen LogP contribution is -2.66. The van der Waals surface area contributed by atoms with Gasteiger partial charge >= 0.3 is 5.97 Å². The van der Waals surface area contributed by atoms with Gasteiger partial charge in [-0.3, -0.25) is 0 Å². The first-order chi connectivity index (χ1) is 17.0. The third kappa shape index (κ3) is 4.84. The fourth-order valence-electron chi connectivity index (χ4n) is 5.66. The summed E-state index contributed by atoms with van der Waals surface area (Å²) in [6, 6.07) is 28.2. The SMILES string of the molecule is O=C(OC12CC[N+](CCCOc3ccccc3)(CC1)CC2)C(O)(c1ccccc1)c1ccccc1. The van der Waals surface area contributed by atoms with E-state index in [4.69, 9.17) is 9.47 Å². The van der Waals surface area contributed by atoms with E-state index in [0.717, 1.165) is 62.1 Å². The Kier molecular flexibility index (Phi) is 6.63. The summed E-state index contributed by atoms with van der Waals surface area (Å²) in [7, 11) is 0. The molecule has 0 atom stereocenters. The standard InChI is InChI=1S/C30H34NO4/c32-28(30(33,25-11-4-1-5-12-25)26-13-6-2-7-14-26)35-29-17-21-31(22-18-29,23-19-29)20-10-24-34-27-15-8-3-9-16-27/h1-9,11-16,33H,10,17-24H2/q+1. The van der Waals surface area contributed by atoms with Crippen LogP contribution in [0.1, 0.15) is 36.8 Å². The summed E-state index contributed by atoms with van der Waals surface area (Å²) >= 11 is 0. The number of benzene rings is 3. The Labute approximate surface area is 207 Å². The molecular formula is C30H34NO4+. The lowest BCUT2D eigenvalue weighted by atomic mass is 9.80. The van der Waals surface area contributed by atoms with Gasteiger partial charge in [-0.15, -0.1) is 0 Å². The number of esters is 1. The minimum atomic E-state index is -1.83. The van der Waals surface area contributed by atoms with Crippen LogP contribution in [-0.2, 0) is 15.1 Å². The Bertz CT molecular complexity index is 1050. The van der Waals surface area contributed by atoms with Crippen LogP contribution in [0.4, 0.5) is 0 Å². The van der Waals surface area contributed by atoms with Crippen LogP contribution in [0.3, 0.4) is 0 Å². The van der Waals surface area contributed by atoms with Crippen molar-refractivity contribution >= 4 is 5.97 Å². The van der Waals surface area contributed by atoms with E-state index in [2.05, 4.69) is 0 Å². The first kappa shape index (κ1) is 23.6. The molecule has 0 aliphatic carbocycles. The van der Waals surface area contributed by atoms with E-state index in [9.17, 15) is 9.90 Å². The number of piperidine rings is 3. The number of fused-ring (bicyclic) bond motifs is 3. The van der Waals surface area contributed by atoms with Gasteiger partial charge in [0.1, 0.15) is 11.4 Å². The fraction of sp³-hybridized carbons (Fsp3) is 0.367. The van der Waals surface area contributed by atoms with Gasteiger partial charge < -0.3 is 19.1 Å². The summed E-state index contributed by atoms with van der Waals surface area (Å²) in [6.07, 6.45) is 3.50. The molecule has 0 aromatic heterocycles. The van der Waals surface area contributed by atoms with E-state index in [1.807, 2.05) is 66.7 Å². The largest absolute Gasteiger partial charge is 0.493 e. The van der Waals surface area contributed by atoms with Crippen molar-refractivity contribution in [3.63, 3.8) is 0 Å². The molecule has 3 saturated heterocycles. The van der Waals surface area contributed by atoms with E-state index < -0.39 is 17.2 Å². The summed E-state index contributed by atoms with van der Waals surface area (Å²) in [5.74, 6) is 0.341. The Hall–Kier alpha value is -3.15. The van der Waals surface area contributed by atoms with Crippen LogP contribution >= 0.6 is 0 Å². The van der Waals surface area contributed by atoms with Crippen molar-refractivity contribution in [2.24, 2.45) is 0 Å². The maximum absolute atomic E-state index is 13.6. The zero-order valence-corrected chi connectivity index (χ0v) is 20.1. The number of hydrogen-bond acceptors (Lipinski definition) is 4. The summed E-state index contributed by atoms with van der Waals surface area (Å²) in [6.45, 7) is 4.77. The van der Waals surface area contributed by atoms with Crippen LogP contribution in [-0.4, -0.2) is 53.9 Å². The van der Waals surface area contributed by atoms with E-state index in [0.29, 0.717) is 17.7 Å². The van der Waals surface area contributed by atoms with Crippen molar-refractivity contribution in [2.45, 2.75) is 36.9 Å². The molecule has 3 aromatic rings. The van der Waals surface area contributed by atoms with E-state index >= 15 is 0 Å². The highest BCUT2D eigenvalue weighted by molar-refractivity contribution is 5.85. The van der Waals surface area contributed by atoms with Gasteiger partial charge in [-0.25, -0.2) is 4.79 Å². The molecule has 3 fully saturated rings. The molecule has 0 spiro atoms. The van der Waals surface area contributed by atoms with Crippen LogP contribution in [0.15, 0.2) is 91.0 Å². The number of aliphatic hydroxyl groups is 1. The normalized spacial score (nSPS) is 23.6. The molecule has 0 amide bonds. The number of nitrogens with zero attached hydrogens (tertiary/aromatic N) is 1. The van der Waals surface area contributed by atoms with Gasteiger partial charge in [-0.1, -0.05) is 78.9 Å². The Morgan fingerprint density at radius 2 is 1.29 bits per heavy atom. The van der Waals surface area contributed by atoms with Gasteiger partial charge in [0.2, 0.25) is 5.60 Å². The first-order valence-corrected chi connectivity index (χ1v) is 12.6. The maximum atomic E-state index is 13.6. The van der Waals surface area contributed by atoms with Crippen LogP contribution < -0.4 is 4.74 Å². The quantitative estimate of drug-likeness (QED) is 0.279. The second kappa shape index (κ2) is 9.84. The van der Waals surface area contributed by atoms with E-state index in [-0.39, 0.29) is 0 Å². The molecule has 0 radical (unpaired) electrons. The van der Waals surface area contributed by atoms with Gasteiger partial charge in [0.25, 0.3) is 0 Å². The van der Waals surface area contributed by atoms with Crippen molar-refractivity contribution in [1.29, 1.82) is 0 Å². The van der Waals surface area contributed by atoms with Crippen molar-refractivity contribution < 1.29 is 23.9 Å². The summed E-state index contributed by atoms with van der Waals surface area (Å²) in [5, 5.41) is 11.8. The third-order valence-corrected chi connectivity index (χ3v) is 7.90. The number of hydrogen-bond donors (Lipinski definition) is 1. The number of para-hydroxylation sites is 1.